The second-order valence-corrected chi connectivity index (χ2v) is 3.01. The highest BCUT2D eigenvalue weighted by Gasteiger charge is 2.18. The smallest absolute Gasteiger partial charge is 0.0430 e. The minimum absolute atomic E-state index is 0.276. The van der Waals surface area contributed by atoms with Crippen molar-refractivity contribution in [2.24, 2.45) is 5.73 Å². The molecule has 1 aromatic heterocycles. The van der Waals surface area contributed by atoms with Crippen molar-refractivity contribution < 1.29 is 0 Å². The fourth-order valence-corrected chi connectivity index (χ4v) is 1.10. The van der Waals surface area contributed by atoms with Gasteiger partial charge in [0.1, 0.15) is 0 Å². The lowest BCUT2D eigenvalue weighted by Crippen LogP contribution is -2.31. The number of aromatic amines is 1. The van der Waals surface area contributed by atoms with E-state index in [0.717, 1.165) is 12.0 Å². The van der Waals surface area contributed by atoms with Gasteiger partial charge in [0.25, 0.3) is 0 Å². The molecule has 0 amide bonds. The number of hydrogen-bond donors (Lipinski definition) is 2. The standard InChI is InChI=1S/C9H14N2/c1-3-5-9(2,10)8-4-6-11-7-8/h3-4,6-7,11H,1,5,10H2,2H3. The summed E-state index contributed by atoms with van der Waals surface area (Å²) in [6.07, 6.45) is 6.44. The monoisotopic (exact) mass is 150 g/mol. The first-order chi connectivity index (χ1) is 5.17. The van der Waals surface area contributed by atoms with E-state index in [2.05, 4.69) is 11.6 Å². The third-order valence-corrected chi connectivity index (χ3v) is 1.83. The number of nitrogens with two attached hydrogens (primary N) is 1. The molecule has 11 heavy (non-hydrogen) atoms. The van der Waals surface area contributed by atoms with Crippen molar-refractivity contribution in [2.45, 2.75) is 18.9 Å². The van der Waals surface area contributed by atoms with Crippen LogP contribution in [0.15, 0.2) is 31.1 Å². The average Bonchev–Trinajstić information content (AvgIpc) is 2.37. The van der Waals surface area contributed by atoms with Gasteiger partial charge in [-0.05, 0) is 25.0 Å². The molecule has 2 nitrogen and oxygen atoms in total. The molecule has 0 aliphatic heterocycles. The highest BCUT2D eigenvalue weighted by molar-refractivity contribution is 5.19. The van der Waals surface area contributed by atoms with Gasteiger partial charge in [-0.3, -0.25) is 0 Å². The van der Waals surface area contributed by atoms with Gasteiger partial charge in [0.15, 0.2) is 0 Å². The summed E-state index contributed by atoms with van der Waals surface area (Å²) in [5.41, 5.74) is 6.85. The summed E-state index contributed by atoms with van der Waals surface area (Å²) in [5.74, 6) is 0. The van der Waals surface area contributed by atoms with Gasteiger partial charge in [0.2, 0.25) is 0 Å². The molecular weight excluding hydrogens is 136 g/mol. The Labute approximate surface area is 67.1 Å². The van der Waals surface area contributed by atoms with Crippen LogP contribution in [-0.2, 0) is 5.54 Å². The molecule has 0 radical (unpaired) electrons. The van der Waals surface area contributed by atoms with Gasteiger partial charge in [-0.15, -0.1) is 6.58 Å². The maximum absolute atomic E-state index is 6.00. The maximum atomic E-state index is 6.00. The molecule has 0 aliphatic rings. The summed E-state index contributed by atoms with van der Waals surface area (Å²) >= 11 is 0. The van der Waals surface area contributed by atoms with Crippen LogP contribution in [0.5, 0.6) is 0 Å². The molecule has 0 fully saturated rings. The Hall–Kier alpha value is -1.02. The van der Waals surface area contributed by atoms with Crippen molar-refractivity contribution in [3.8, 4) is 0 Å². The first-order valence-electron chi connectivity index (χ1n) is 3.70. The fraction of sp³-hybridized carbons (Fsp3) is 0.333. The van der Waals surface area contributed by atoms with Crippen LogP contribution in [0, 0.1) is 0 Å². The number of H-pyrrole nitrogens is 1. The van der Waals surface area contributed by atoms with Crippen molar-refractivity contribution in [3.63, 3.8) is 0 Å². The molecule has 0 saturated carbocycles. The second kappa shape index (κ2) is 2.93. The van der Waals surface area contributed by atoms with Gasteiger partial charge >= 0.3 is 0 Å². The summed E-state index contributed by atoms with van der Waals surface area (Å²) in [7, 11) is 0. The summed E-state index contributed by atoms with van der Waals surface area (Å²) in [4.78, 5) is 2.98. The van der Waals surface area contributed by atoms with E-state index in [9.17, 15) is 0 Å². The second-order valence-electron chi connectivity index (χ2n) is 3.01. The predicted molar refractivity (Wildman–Crippen MR) is 47.1 cm³/mol. The van der Waals surface area contributed by atoms with Crippen LogP contribution >= 0.6 is 0 Å². The molecule has 60 valence electrons. The van der Waals surface area contributed by atoms with Crippen LogP contribution in [0.2, 0.25) is 0 Å². The first-order valence-corrected chi connectivity index (χ1v) is 3.70. The normalized spacial score (nSPS) is 15.8. The van der Waals surface area contributed by atoms with Crippen LogP contribution in [0.1, 0.15) is 18.9 Å². The Morgan fingerprint density at radius 3 is 3.00 bits per heavy atom. The molecule has 1 atom stereocenters. The fourth-order valence-electron chi connectivity index (χ4n) is 1.10. The highest BCUT2D eigenvalue weighted by atomic mass is 14.7. The van der Waals surface area contributed by atoms with Crippen LogP contribution < -0.4 is 5.73 Å². The van der Waals surface area contributed by atoms with Gasteiger partial charge in [0.05, 0.1) is 0 Å². The first kappa shape index (κ1) is 8.08. The van der Waals surface area contributed by atoms with E-state index in [1.807, 2.05) is 31.5 Å². The SMILES string of the molecule is C=CCC(C)(N)c1cc[nH]c1. The largest absolute Gasteiger partial charge is 0.367 e. The zero-order chi connectivity index (χ0) is 8.32. The van der Waals surface area contributed by atoms with Crippen LogP contribution in [-0.4, -0.2) is 4.98 Å². The molecular formula is C9H14N2. The Balaban J connectivity index is 2.81. The lowest BCUT2D eigenvalue weighted by molar-refractivity contribution is 0.503. The van der Waals surface area contributed by atoms with Crippen molar-refractivity contribution >= 4 is 0 Å². The minimum Gasteiger partial charge on any atom is -0.367 e. The van der Waals surface area contributed by atoms with Gasteiger partial charge in [-0.25, -0.2) is 0 Å². The topological polar surface area (TPSA) is 41.8 Å². The van der Waals surface area contributed by atoms with Crippen molar-refractivity contribution in [2.75, 3.05) is 0 Å². The molecule has 1 unspecified atom stereocenters. The Bertz CT molecular complexity index is 222. The molecule has 0 spiro atoms. The summed E-state index contributed by atoms with van der Waals surface area (Å²) in [5, 5.41) is 0. The van der Waals surface area contributed by atoms with Crippen LogP contribution in [0.25, 0.3) is 0 Å². The quantitative estimate of drug-likeness (QED) is 0.633. The molecule has 0 aliphatic carbocycles. The minimum atomic E-state index is -0.276. The Morgan fingerprint density at radius 1 is 1.82 bits per heavy atom. The van der Waals surface area contributed by atoms with Crippen molar-refractivity contribution in [3.05, 3.63) is 36.7 Å². The zero-order valence-corrected chi connectivity index (χ0v) is 6.80. The van der Waals surface area contributed by atoms with Crippen LogP contribution in [0.3, 0.4) is 0 Å². The van der Waals surface area contributed by atoms with E-state index in [1.54, 1.807) is 0 Å². The number of rotatable bonds is 3. The van der Waals surface area contributed by atoms with Crippen molar-refractivity contribution in [1.29, 1.82) is 0 Å². The van der Waals surface area contributed by atoms with Gasteiger partial charge in [-0.2, -0.15) is 0 Å². The van der Waals surface area contributed by atoms with Crippen molar-refractivity contribution in [1.82, 2.24) is 4.98 Å². The Morgan fingerprint density at radius 2 is 2.55 bits per heavy atom. The molecule has 0 bridgehead atoms. The molecule has 2 heteroatoms. The summed E-state index contributed by atoms with van der Waals surface area (Å²) in [6.45, 7) is 5.66. The van der Waals surface area contributed by atoms with Gasteiger partial charge < -0.3 is 10.7 Å². The summed E-state index contributed by atoms with van der Waals surface area (Å²) in [6, 6.07) is 1.99. The molecule has 1 aromatic rings. The van der Waals surface area contributed by atoms with Crippen LogP contribution in [0.4, 0.5) is 0 Å². The molecule has 0 aromatic carbocycles. The highest BCUT2D eigenvalue weighted by Crippen LogP contribution is 2.20. The Kier molecular flexibility index (Phi) is 2.15. The van der Waals surface area contributed by atoms with E-state index in [-0.39, 0.29) is 5.54 Å². The van der Waals surface area contributed by atoms with E-state index >= 15 is 0 Å². The predicted octanol–water partition coefficient (Wildman–Crippen LogP) is 1.76. The third kappa shape index (κ3) is 1.71. The van der Waals surface area contributed by atoms with E-state index in [0.29, 0.717) is 0 Å². The summed E-state index contributed by atoms with van der Waals surface area (Å²) < 4.78 is 0. The van der Waals surface area contributed by atoms with Gasteiger partial charge in [-0.1, -0.05) is 6.08 Å². The molecule has 0 saturated heterocycles. The van der Waals surface area contributed by atoms with E-state index in [1.165, 1.54) is 0 Å². The maximum Gasteiger partial charge on any atom is 0.0430 e. The lowest BCUT2D eigenvalue weighted by atomic mass is 9.92. The third-order valence-electron chi connectivity index (χ3n) is 1.83. The lowest BCUT2D eigenvalue weighted by Gasteiger charge is -2.21. The molecule has 3 N–H and O–H groups in total. The number of nitrogens with one attached hydrogen (secondary N) is 1. The molecule has 1 heterocycles. The number of hydrogen-bond acceptors (Lipinski definition) is 1. The number of aromatic nitrogens is 1. The van der Waals surface area contributed by atoms with E-state index in [4.69, 9.17) is 5.73 Å². The van der Waals surface area contributed by atoms with Gasteiger partial charge in [0, 0.05) is 17.9 Å². The average molecular weight is 150 g/mol. The van der Waals surface area contributed by atoms with E-state index < -0.39 is 0 Å². The zero-order valence-electron chi connectivity index (χ0n) is 6.80. The molecule has 1 rings (SSSR count).